The van der Waals surface area contributed by atoms with Crippen LogP contribution in [-0.2, 0) is 13.0 Å². The van der Waals surface area contributed by atoms with Crippen LogP contribution in [0.3, 0.4) is 0 Å². The van der Waals surface area contributed by atoms with Crippen molar-refractivity contribution in [1.82, 2.24) is 4.90 Å². The first-order valence-electron chi connectivity index (χ1n) is 7.87. The molecule has 6 nitrogen and oxygen atoms in total. The fourth-order valence-electron chi connectivity index (χ4n) is 2.82. The van der Waals surface area contributed by atoms with E-state index in [9.17, 15) is 9.59 Å². The SMILES string of the molecule is Cc1c(Cl)cccc1NC(=O)Nc1ccc2c(c1)CCN(C(=O)O)C2. The molecular weight excluding hydrogens is 342 g/mol. The van der Waals surface area contributed by atoms with Crippen LogP contribution in [-0.4, -0.2) is 28.7 Å². The lowest BCUT2D eigenvalue weighted by molar-refractivity contribution is 0.140. The predicted octanol–water partition coefficient (Wildman–Crippen LogP) is 4.33. The third-order valence-electron chi connectivity index (χ3n) is 4.26. The van der Waals surface area contributed by atoms with Gasteiger partial charge in [-0.25, -0.2) is 9.59 Å². The van der Waals surface area contributed by atoms with Gasteiger partial charge in [-0.2, -0.15) is 0 Å². The maximum absolute atomic E-state index is 12.2. The quantitative estimate of drug-likeness (QED) is 0.746. The van der Waals surface area contributed by atoms with Crippen molar-refractivity contribution in [1.29, 1.82) is 0 Å². The van der Waals surface area contributed by atoms with Gasteiger partial charge in [0, 0.05) is 29.5 Å². The Bertz CT molecular complexity index is 838. The highest BCUT2D eigenvalue weighted by Gasteiger charge is 2.20. The van der Waals surface area contributed by atoms with E-state index >= 15 is 0 Å². The highest BCUT2D eigenvalue weighted by atomic mass is 35.5. The van der Waals surface area contributed by atoms with E-state index in [1.807, 2.05) is 19.1 Å². The summed E-state index contributed by atoms with van der Waals surface area (Å²) in [5.74, 6) is 0. The van der Waals surface area contributed by atoms with Crippen LogP contribution in [0.2, 0.25) is 5.02 Å². The zero-order valence-corrected chi connectivity index (χ0v) is 14.4. The molecule has 0 spiro atoms. The molecule has 0 atom stereocenters. The molecule has 3 amide bonds. The maximum Gasteiger partial charge on any atom is 0.407 e. The molecule has 130 valence electrons. The second kappa shape index (κ2) is 7.03. The highest BCUT2D eigenvalue weighted by Crippen LogP contribution is 2.25. The van der Waals surface area contributed by atoms with Gasteiger partial charge in [0.1, 0.15) is 0 Å². The van der Waals surface area contributed by atoms with Gasteiger partial charge < -0.3 is 20.6 Å². The molecule has 0 fully saturated rings. The molecule has 0 saturated carbocycles. The Balaban J connectivity index is 1.68. The monoisotopic (exact) mass is 359 g/mol. The summed E-state index contributed by atoms with van der Waals surface area (Å²) in [5, 5.41) is 15.2. The number of urea groups is 1. The molecule has 7 heteroatoms. The van der Waals surface area contributed by atoms with E-state index in [4.69, 9.17) is 16.7 Å². The lowest BCUT2D eigenvalue weighted by Crippen LogP contribution is -2.34. The Morgan fingerprint density at radius 3 is 2.72 bits per heavy atom. The molecule has 3 rings (SSSR count). The number of carboxylic acid groups (broad SMARTS) is 1. The number of halogens is 1. The number of nitrogens with one attached hydrogen (secondary N) is 2. The Morgan fingerprint density at radius 1 is 1.16 bits per heavy atom. The largest absolute Gasteiger partial charge is 0.465 e. The van der Waals surface area contributed by atoms with Crippen molar-refractivity contribution in [3.05, 3.63) is 58.1 Å². The van der Waals surface area contributed by atoms with Gasteiger partial charge in [0.15, 0.2) is 0 Å². The number of hydrogen-bond donors (Lipinski definition) is 3. The second-order valence-electron chi connectivity index (χ2n) is 5.93. The number of rotatable bonds is 2. The fourth-order valence-corrected chi connectivity index (χ4v) is 3.00. The number of nitrogens with zero attached hydrogens (tertiary/aromatic N) is 1. The van der Waals surface area contributed by atoms with Gasteiger partial charge in [-0.1, -0.05) is 23.7 Å². The minimum absolute atomic E-state index is 0.353. The van der Waals surface area contributed by atoms with E-state index in [0.717, 1.165) is 16.7 Å². The summed E-state index contributed by atoms with van der Waals surface area (Å²) in [4.78, 5) is 24.6. The summed E-state index contributed by atoms with van der Waals surface area (Å²) < 4.78 is 0. The molecule has 3 N–H and O–H groups in total. The zero-order chi connectivity index (χ0) is 18.0. The average Bonchev–Trinajstić information content (AvgIpc) is 2.58. The normalized spacial score (nSPS) is 13.1. The van der Waals surface area contributed by atoms with Gasteiger partial charge in [0.25, 0.3) is 0 Å². The van der Waals surface area contributed by atoms with Crippen LogP contribution in [0, 0.1) is 6.92 Å². The number of carbonyl (C=O) groups excluding carboxylic acids is 1. The fraction of sp³-hybridized carbons (Fsp3) is 0.222. The first kappa shape index (κ1) is 17.1. The van der Waals surface area contributed by atoms with Gasteiger partial charge in [-0.3, -0.25) is 0 Å². The van der Waals surface area contributed by atoms with Crippen LogP contribution in [0.5, 0.6) is 0 Å². The van der Waals surface area contributed by atoms with Crippen molar-refractivity contribution in [3.63, 3.8) is 0 Å². The highest BCUT2D eigenvalue weighted by molar-refractivity contribution is 6.31. The molecule has 0 aliphatic carbocycles. The molecule has 0 saturated heterocycles. The molecule has 0 bridgehead atoms. The van der Waals surface area contributed by atoms with Gasteiger partial charge in [0.05, 0.1) is 0 Å². The molecule has 1 aliphatic heterocycles. The Labute approximate surface area is 150 Å². The van der Waals surface area contributed by atoms with Crippen molar-refractivity contribution >= 4 is 35.1 Å². The Kier molecular flexibility index (Phi) is 4.81. The summed E-state index contributed by atoms with van der Waals surface area (Å²) in [6.45, 7) is 2.67. The summed E-state index contributed by atoms with van der Waals surface area (Å²) in [7, 11) is 0. The van der Waals surface area contributed by atoms with Crippen LogP contribution in [0.15, 0.2) is 36.4 Å². The molecule has 0 aromatic heterocycles. The standard InChI is InChI=1S/C18H18ClN3O3/c1-11-15(19)3-2-4-16(11)21-17(23)20-14-6-5-13-10-22(18(24)25)8-7-12(13)9-14/h2-6,9H,7-8,10H2,1H3,(H,24,25)(H2,20,21,23). The maximum atomic E-state index is 12.2. The second-order valence-corrected chi connectivity index (χ2v) is 6.34. The van der Waals surface area contributed by atoms with E-state index < -0.39 is 6.09 Å². The van der Waals surface area contributed by atoms with E-state index in [1.165, 1.54) is 4.90 Å². The molecular formula is C18H18ClN3O3. The predicted molar refractivity (Wildman–Crippen MR) is 97.4 cm³/mol. The lowest BCUT2D eigenvalue weighted by Gasteiger charge is -2.26. The summed E-state index contributed by atoms with van der Waals surface area (Å²) in [6, 6.07) is 10.5. The molecule has 1 heterocycles. The van der Waals surface area contributed by atoms with E-state index in [0.29, 0.717) is 35.9 Å². The molecule has 0 radical (unpaired) electrons. The number of benzene rings is 2. The third-order valence-corrected chi connectivity index (χ3v) is 4.67. The third kappa shape index (κ3) is 3.85. The topological polar surface area (TPSA) is 81.7 Å². The first-order valence-corrected chi connectivity index (χ1v) is 8.24. The van der Waals surface area contributed by atoms with Crippen molar-refractivity contribution in [2.45, 2.75) is 19.9 Å². The average molecular weight is 360 g/mol. The van der Waals surface area contributed by atoms with Crippen molar-refractivity contribution < 1.29 is 14.7 Å². The molecule has 2 aromatic carbocycles. The number of fused-ring (bicyclic) bond motifs is 1. The van der Waals surface area contributed by atoms with Crippen LogP contribution in [0.1, 0.15) is 16.7 Å². The minimum Gasteiger partial charge on any atom is -0.465 e. The Hall–Kier alpha value is -2.73. The molecule has 25 heavy (non-hydrogen) atoms. The van der Waals surface area contributed by atoms with Gasteiger partial charge in [0.2, 0.25) is 0 Å². The first-order chi connectivity index (χ1) is 11.9. The van der Waals surface area contributed by atoms with Crippen LogP contribution >= 0.6 is 11.6 Å². The summed E-state index contributed by atoms with van der Waals surface area (Å²) in [5.41, 5.74) is 4.14. The summed E-state index contributed by atoms with van der Waals surface area (Å²) >= 11 is 6.05. The number of amides is 3. The van der Waals surface area contributed by atoms with E-state index in [2.05, 4.69) is 10.6 Å². The molecule has 2 aromatic rings. The Morgan fingerprint density at radius 2 is 1.96 bits per heavy atom. The van der Waals surface area contributed by atoms with E-state index in [1.54, 1.807) is 24.3 Å². The van der Waals surface area contributed by atoms with Crippen LogP contribution in [0.4, 0.5) is 21.0 Å². The number of anilines is 2. The van der Waals surface area contributed by atoms with E-state index in [-0.39, 0.29) is 6.03 Å². The lowest BCUT2D eigenvalue weighted by atomic mass is 9.99. The zero-order valence-electron chi connectivity index (χ0n) is 13.7. The summed E-state index contributed by atoms with van der Waals surface area (Å²) in [6.07, 6.45) is -0.282. The van der Waals surface area contributed by atoms with Crippen molar-refractivity contribution in [2.75, 3.05) is 17.2 Å². The van der Waals surface area contributed by atoms with Crippen molar-refractivity contribution in [3.8, 4) is 0 Å². The smallest absolute Gasteiger partial charge is 0.407 e. The van der Waals surface area contributed by atoms with Crippen LogP contribution in [0.25, 0.3) is 0 Å². The number of hydrogen-bond acceptors (Lipinski definition) is 2. The van der Waals surface area contributed by atoms with Gasteiger partial charge in [-0.15, -0.1) is 0 Å². The van der Waals surface area contributed by atoms with Gasteiger partial charge >= 0.3 is 12.1 Å². The molecule has 0 unspecified atom stereocenters. The number of carbonyl (C=O) groups is 2. The van der Waals surface area contributed by atoms with Gasteiger partial charge in [-0.05, 0) is 54.3 Å². The molecule has 1 aliphatic rings. The van der Waals surface area contributed by atoms with Crippen molar-refractivity contribution in [2.24, 2.45) is 0 Å². The minimum atomic E-state index is -0.913. The van der Waals surface area contributed by atoms with Crippen LogP contribution < -0.4 is 10.6 Å².